The molecule has 0 aliphatic rings. The standard InChI is InChI=1S/C11H14BrFO2/c1-3-11(2,14)7-15-10-6-8(12)4-5-9(10)13/h4-6,14H,3,7H2,1-2H3. The normalized spacial score (nSPS) is 14.7. The molecule has 1 rings (SSSR count). The van der Waals surface area contributed by atoms with Crippen LogP contribution in [-0.2, 0) is 0 Å². The lowest BCUT2D eigenvalue weighted by molar-refractivity contribution is 0.00732. The second-order valence-corrected chi connectivity index (χ2v) is 4.63. The predicted molar refractivity (Wildman–Crippen MR) is 60.5 cm³/mol. The van der Waals surface area contributed by atoms with E-state index in [4.69, 9.17) is 4.74 Å². The summed E-state index contributed by atoms with van der Waals surface area (Å²) in [5, 5.41) is 9.69. The molecule has 2 nitrogen and oxygen atoms in total. The average molecular weight is 277 g/mol. The number of aliphatic hydroxyl groups is 1. The zero-order valence-electron chi connectivity index (χ0n) is 8.76. The van der Waals surface area contributed by atoms with Crippen molar-refractivity contribution >= 4 is 15.9 Å². The molecule has 0 aliphatic carbocycles. The molecule has 0 saturated carbocycles. The van der Waals surface area contributed by atoms with Crippen LogP contribution in [0.3, 0.4) is 0 Å². The number of ether oxygens (including phenoxy) is 1. The molecule has 0 fully saturated rings. The van der Waals surface area contributed by atoms with Crippen molar-refractivity contribution in [2.75, 3.05) is 6.61 Å². The lowest BCUT2D eigenvalue weighted by atomic mass is 10.1. The molecule has 0 spiro atoms. The first-order chi connectivity index (χ1) is 6.94. The molecule has 0 aromatic heterocycles. The van der Waals surface area contributed by atoms with Gasteiger partial charge in [0, 0.05) is 4.47 Å². The summed E-state index contributed by atoms with van der Waals surface area (Å²) in [6.07, 6.45) is 0.558. The quantitative estimate of drug-likeness (QED) is 0.916. The molecule has 1 N–H and O–H groups in total. The van der Waals surface area contributed by atoms with Crippen LogP contribution >= 0.6 is 15.9 Å². The lowest BCUT2D eigenvalue weighted by Gasteiger charge is -2.21. The van der Waals surface area contributed by atoms with E-state index in [1.807, 2.05) is 6.92 Å². The van der Waals surface area contributed by atoms with E-state index in [1.54, 1.807) is 19.1 Å². The third-order valence-corrected chi connectivity index (χ3v) is 2.69. The van der Waals surface area contributed by atoms with Gasteiger partial charge >= 0.3 is 0 Å². The van der Waals surface area contributed by atoms with Gasteiger partial charge in [-0.25, -0.2) is 4.39 Å². The molecule has 1 aromatic carbocycles. The predicted octanol–water partition coefficient (Wildman–Crippen LogP) is 3.13. The Balaban J connectivity index is 2.69. The maximum atomic E-state index is 13.2. The van der Waals surface area contributed by atoms with E-state index in [-0.39, 0.29) is 12.4 Å². The molecular formula is C11H14BrFO2. The largest absolute Gasteiger partial charge is 0.487 e. The van der Waals surface area contributed by atoms with Crippen LogP contribution in [0, 0.1) is 5.82 Å². The SMILES string of the molecule is CCC(C)(O)COc1cc(Br)ccc1F. The van der Waals surface area contributed by atoms with Crippen LogP contribution in [0.25, 0.3) is 0 Å². The fourth-order valence-electron chi connectivity index (χ4n) is 0.923. The first-order valence-corrected chi connectivity index (χ1v) is 5.54. The molecule has 0 bridgehead atoms. The highest BCUT2D eigenvalue weighted by Crippen LogP contribution is 2.23. The van der Waals surface area contributed by atoms with Gasteiger partial charge in [-0.15, -0.1) is 0 Å². The highest BCUT2D eigenvalue weighted by molar-refractivity contribution is 9.10. The maximum absolute atomic E-state index is 13.2. The molecule has 4 heteroatoms. The van der Waals surface area contributed by atoms with Gasteiger partial charge in [-0.1, -0.05) is 22.9 Å². The van der Waals surface area contributed by atoms with Crippen molar-refractivity contribution in [3.8, 4) is 5.75 Å². The van der Waals surface area contributed by atoms with Gasteiger partial charge in [0.2, 0.25) is 0 Å². The van der Waals surface area contributed by atoms with Crippen molar-refractivity contribution in [1.82, 2.24) is 0 Å². The molecule has 0 radical (unpaired) electrons. The number of halogens is 2. The Morgan fingerprint density at radius 2 is 2.20 bits per heavy atom. The number of rotatable bonds is 4. The molecule has 84 valence electrons. The number of benzene rings is 1. The van der Waals surface area contributed by atoms with E-state index < -0.39 is 11.4 Å². The Morgan fingerprint density at radius 3 is 2.80 bits per heavy atom. The van der Waals surface area contributed by atoms with Crippen molar-refractivity contribution in [3.05, 3.63) is 28.5 Å². The molecule has 1 atom stereocenters. The first kappa shape index (κ1) is 12.5. The van der Waals surface area contributed by atoms with E-state index >= 15 is 0 Å². The molecular weight excluding hydrogens is 263 g/mol. The van der Waals surface area contributed by atoms with E-state index in [9.17, 15) is 9.50 Å². The second kappa shape index (κ2) is 4.94. The fraction of sp³-hybridized carbons (Fsp3) is 0.455. The minimum atomic E-state index is -0.922. The summed E-state index contributed by atoms with van der Waals surface area (Å²) in [5.41, 5.74) is -0.922. The van der Waals surface area contributed by atoms with Crippen molar-refractivity contribution in [2.45, 2.75) is 25.9 Å². The van der Waals surface area contributed by atoms with Crippen LogP contribution < -0.4 is 4.74 Å². The Hall–Kier alpha value is -0.610. The van der Waals surface area contributed by atoms with Crippen molar-refractivity contribution in [1.29, 1.82) is 0 Å². The summed E-state index contributed by atoms with van der Waals surface area (Å²) < 4.78 is 19.2. The molecule has 0 saturated heterocycles. The van der Waals surface area contributed by atoms with E-state index in [2.05, 4.69) is 15.9 Å². The third kappa shape index (κ3) is 3.80. The Bertz CT molecular complexity index is 339. The van der Waals surface area contributed by atoms with Gasteiger partial charge in [0.05, 0.1) is 5.60 Å². The Morgan fingerprint density at radius 1 is 1.53 bits per heavy atom. The minimum Gasteiger partial charge on any atom is -0.487 e. The van der Waals surface area contributed by atoms with Crippen LogP contribution in [0.4, 0.5) is 4.39 Å². The molecule has 1 unspecified atom stereocenters. The van der Waals surface area contributed by atoms with E-state index in [0.29, 0.717) is 6.42 Å². The Kier molecular flexibility index (Phi) is 4.11. The monoisotopic (exact) mass is 276 g/mol. The van der Waals surface area contributed by atoms with Crippen LogP contribution in [0.15, 0.2) is 22.7 Å². The van der Waals surface area contributed by atoms with Gasteiger partial charge < -0.3 is 9.84 Å². The minimum absolute atomic E-state index is 0.0802. The average Bonchev–Trinajstić information content (AvgIpc) is 2.20. The second-order valence-electron chi connectivity index (χ2n) is 3.71. The van der Waals surface area contributed by atoms with Gasteiger partial charge in [-0.3, -0.25) is 0 Å². The van der Waals surface area contributed by atoms with Crippen LogP contribution in [-0.4, -0.2) is 17.3 Å². The zero-order chi connectivity index (χ0) is 11.5. The van der Waals surface area contributed by atoms with Crippen LogP contribution in [0.1, 0.15) is 20.3 Å². The summed E-state index contributed by atoms with van der Waals surface area (Å²) >= 11 is 3.22. The summed E-state index contributed by atoms with van der Waals surface area (Å²) in [6, 6.07) is 4.46. The highest BCUT2D eigenvalue weighted by atomic mass is 79.9. The molecule has 1 aromatic rings. The maximum Gasteiger partial charge on any atom is 0.165 e. The lowest BCUT2D eigenvalue weighted by Crippen LogP contribution is -2.31. The van der Waals surface area contributed by atoms with Gasteiger partial charge in [-0.05, 0) is 31.5 Å². The molecule has 15 heavy (non-hydrogen) atoms. The van der Waals surface area contributed by atoms with Crippen molar-refractivity contribution < 1.29 is 14.2 Å². The summed E-state index contributed by atoms with van der Waals surface area (Å²) in [4.78, 5) is 0. The van der Waals surface area contributed by atoms with E-state index in [0.717, 1.165) is 4.47 Å². The fourth-order valence-corrected chi connectivity index (χ4v) is 1.26. The van der Waals surface area contributed by atoms with Crippen molar-refractivity contribution in [3.63, 3.8) is 0 Å². The van der Waals surface area contributed by atoms with Crippen molar-refractivity contribution in [2.24, 2.45) is 0 Å². The zero-order valence-corrected chi connectivity index (χ0v) is 10.3. The van der Waals surface area contributed by atoms with Gasteiger partial charge in [0.1, 0.15) is 6.61 Å². The summed E-state index contributed by atoms with van der Waals surface area (Å²) in [6.45, 7) is 3.58. The van der Waals surface area contributed by atoms with Crippen LogP contribution in [0.2, 0.25) is 0 Å². The molecule has 0 amide bonds. The smallest absolute Gasteiger partial charge is 0.165 e. The van der Waals surface area contributed by atoms with E-state index in [1.165, 1.54) is 6.07 Å². The van der Waals surface area contributed by atoms with Gasteiger partial charge in [-0.2, -0.15) is 0 Å². The Labute approximate surface area is 97.2 Å². The van der Waals surface area contributed by atoms with Gasteiger partial charge in [0.15, 0.2) is 11.6 Å². The first-order valence-electron chi connectivity index (χ1n) is 4.75. The molecule has 0 aliphatic heterocycles. The molecule has 0 heterocycles. The number of hydrogen-bond donors (Lipinski definition) is 1. The summed E-state index contributed by atoms with van der Waals surface area (Å²) in [7, 11) is 0. The van der Waals surface area contributed by atoms with Gasteiger partial charge in [0.25, 0.3) is 0 Å². The summed E-state index contributed by atoms with van der Waals surface area (Å²) in [5.74, 6) is -0.275. The highest BCUT2D eigenvalue weighted by Gasteiger charge is 2.19. The topological polar surface area (TPSA) is 29.5 Å². The van der Waals surface area contributed by atoms with Crippen LogP contribution in [0.5, 0.6) is 5.75 Å². The number of hydrogen-bond acceptors (Lipinski definition) is 2. The third-order valence-electron chi connectivity index (χ3n) is 2.19.